The van der Waals surface area contributed by atoms with Gasteiger partial charge in [0.05, 0.1) is 26.0 Å². The zero-order chi connectivity index (χ0) is 26.6. The van der Waals surface area contributed by atoms with E-state index in [0.717, 1.165) is 47.9 Å². The second-order valence-electron chi connectivity index (χ2n) is 8.83. The number of fused-ring (bicyclic) bond motifs is 1. The highest BCUT2D eigenvalue weighted by molar-refractivity contribution is 7.98. The molecule has 3 heterocycles. The van der Waals surface area contributed by atoms with E-state index in [9.17, 15) is 9.18 Å². The van der Waals surface area contributed by atoms with Gasteiger partial charge in [-0.25, -0.2) is 19.3 Å². The lowest BCUT2D eigenvalue weighted by Crippen LogP contribution is -2.37. The molecule has 5 rings (SSSR count). The summed E-state index contributed by atoms with van der Waals surface area (Å²) in [5, 5.41) is 3.52. The van der Waals surface area contributed by atoms with E-state index < -0.39 is 5.82 Å². The maximum atomic E-state index is 13.3. The molecule has 0 unspecified atom stereocenters. The Morgan fingerprint density at radius 2 is 1.89 bits per heavy atom. The Balaban J connectivity index is 1.39. The van der Waals surface area contributed by atoms with Gasteiger partial charge in [0.15, 0.2) is 22.1 Å². The molecule has 0 spiro atoms. The third kappa shape index (κ3) is 5.44. The van der Waals surface area contributed by atoms with E-state index in [-0.39, 0.29) is 5.91 Å². The molecule has 9 nitrogen and oxygen atoms in total. The SMILES string of the molecule is CCc1nc2c(N3CCOCC3)nc(SCc3ccc(OC)c(NC(=O)c4ccc(F)cc4)c3)nc2n1C. The number of amides is 1. The Hall–Kier alpha value is -3.70. The van der Waals surface area contributed by atoms with Crippen molar-refractivity contribution in [3.63, 3.8) is 0 Å². The highest BCUT2D eigenvalue weighted by atomic mass is 32.2. The topological polar surface area (TPSA) is 94.4 Å². The van der Waals surface area contributed by atoms with Crippen LogP contribution in [0.1, 0.15) is 28.7 Å². The number of halogens is 1. The van der Waals surface area contributed by atoms with Crippen LogP contribution in [0.25, 0.3) is 11.2 Å². The molecule has 198 valence electrons. The van der Waals surface area contributed by atoms with Crippen molar-refractivity contribution in [1.29, 1.82) is 0 Å². The number of anilines is 2. The fourth-order valence-corrected chi connectivity index (χ4v) is 5.11. The van der Waals surface area contributed by atoms with Crippen LogP contribution in [0.4, 0.5) is 15.9 Å². The predicted octanol–water partition coefficient (Wildman–Crippen LogP) is 4.45. The second-order valence-corrected chi connectivity index (χ2v) is 9.77. The molecule has 2 aromatic carbocycles. The van der Waals surface area contributed by atoms with Gasteiger partial charge in [0, 0.05) is 37.9 Å². The van der Waals surface area contributed by atoms with Crippen molar-refractivity contribution in [1.82, 2.24) is 19.5 Å². The molecule has 11 heteroatoms. The maximum absolute atomic E-state index is 13.3. The number of benzene rings is 2. The molecule has 1 amide bonds. The number of carbonyl (C=O) groups excluding carboxylic acids is 1. The van der Waals surface area contributed by atoms with E-state index in [1.807, 2.05) is 29.8 Å². The Labute approximate surface area is 224 Å². The largest absolute Gasteiger partial charge is 0.495 e. The molecule has 1 aliphatic rings. The van der Waals surface area contributed by atoms with Crippen molar-refractivity contribution < 1.29 is 18.7 Å². The highest BCUT2D eigenvalue weighted by Gasteiger charge is 2.22. The predicted molar refractivity (Wildman–Crippen MR) is 146 cm³/mol. The van der Waals surface area contributed by atoms with Gasteiger partial charge in [-0.3, -0.25) is 4.79 Å². The lowest BCUT2D eigenvalue weighted by molar-refractivity contribution is 0.102. The molecule has 1 N–H and O–H groups in total. The lowest BCUT2D eigenvalue weighted by Gasteiger charge is -2.28. The minimum atomic E-state index is -0.396. The average molecular weight is 537 g/mol. The molecule has 38 heavy (non-hydrogen) atoms. The first kappa shape index (κ1) is 25.9. The number of hydrogen-bond donors (Lipinski definition) is 1. The summed E-state index contributed by atoms with van der Waals surface area (Å²) in [5.74, 6) is 2.16. The summed E-state index contributed by atoms with van der Waals surface area (Å²) in [6, 6.07) is 11.0. The van der Waals surface area contributed by atoms with E-state index >= 15 is 0 Å². The molecule has 1 saturated heterocycles. The minimum Gasteiger partial charge on any atom is -0.495 e. The summed E-state index contributed by atoms with van der Waals surface area (Å²) in [7, 11) is 3.53. The zero-order valence-corrected chi connectivity index (χ0v) is 22.3. The minimum absolute atomic E-state index is 0.347. The number of methoxy groups -OCH3 is 1. The Bertz CT molecular complexity index is 1450. The first-order valence-corrected chi connectivity index (χ1v) is 13.4. The lowest BCUT2D eigenvalue weighted by atomic mass is 10.1. The van der Waals surface area contributed by atoms with Crippen LogP contribution in [0.2, 0.25) is 0 Å². The standard InChI is InChI=1S/C27H29FN6O3S/c1-4-22-30-23-24(33(22)2)31-27(32-25(23)34-11-13-37-14-12-34)38-16-17-5-10-21(36-3)20(15-17)29-26(35)18-6-8-19(28)9-7-18/h5-10,15H,4,11-14,16H2,1-3H3,(H,29,35). The quantitative estimate of drug-likeness (QED) is 0.261. The van der Waals surface area contributed by atoms with Crippen LogP contribution in [0.5, 0.6) is 5.75 Å². The summed E-state index contributed by atoms with van der Waals surface area (Å²) < 4.78 is 26.3. The molecule has 0 radical (unpaired) electrons. The van der Waals surface area contributed by atoms with E-state index in [0.29, 0.717) is 41.1 Å². The van der Waals surface area contributed by atoms with Crippen LogP contribution in [0.15, 0.2) is 47.6 Å². The first-order valence-electron chi connectivity index (χ1n) is 12.4. The van der Waals surface area contributed by atoms with Crippen LogP contribution in [-0.2, 0) is 24.0 Å². The van der Waals surface area contributed by atoms with Gasteiger partial charge in [0.2, 0.25) is 0 Å². The zero-order valence-electron chi connectivity index (χ0n) is 21.5. The number of morpholine rings is 1. The van der Waals surface area contributed by atoms with Crippen molar-refractivity contribution >= 4 is 40.3 Å². The third-order valence-electron chi connectivity index (χ3n) is 6.39. The first-order chi connectivity index (χ1) is 18.5. The Morgan fingerprint density at radius 3 is 2.61 bits per heavy atom. The van der Waals surface area contributed by atoms with Gasteiger partial charge in [0.25, 0.3) is 5.91 Å². The van der Waals surface area contributed by atoms with Gasteiger partial charge in [-0.05, 0) is 42.0 Å². The van der Waals surface area contributed by atoms with Gasteiger partial charge in [0.1, 0.15) is 17.4 Å². The molecule has 0 aliphatic carbocycles. The summed E-state index contributed by atoms with van der Waals surface area (Å²) >= 11 is 1.51. The van der Waals surface area contributed by atoms with Crippen LogP contribution >= 0.6 is 11.8 Å². The van der Waals surface area contributed by atoms with Crippen molar-refractivity contribution in [3.8, 4) is 5.75 Å². The number of ether oxygens (including phenoxy) is 2. The van der Waals surface area contributed by atoms with E-state index in [1.165, 1.54) is 36.0 Å². The molecule has 0 atom stereocenters. The summed E-state index contributed by atoms with van der Waals surface area (Å²) in [4.78, 5) is 29.5. The number of rotatable bonds is 8. The molecule has 1 fully saturated rings. The summed E-state index contributed by atoms with van der Waals surface area (Å²) in [5.41, 5.74) is 3.47. The molecule has 0 bridgehead atoms. The number of carbonyl (C=O) groups is 1. The van der Waals surface area contributed by atoms with Gasteiger partial charge in [-0.15, -0.1) is 0 Å². The fraction of sp³-hybridized carbons (Fsp3) is 0.333. The van der Waals surface area contributed by atoms with E-state index in [2.05, 4.69) is 17.1 Å². The van der Waals surface area contributed by atoms with Crippen molar-refractivity contribution in [2.24, 2.45) is 7.05 Å². The molecule has 4 aromatic rings. The average Bonchev–Trinajstić information content (AvgIpc) is 3.27. The smallest absolute Gasteiger partial charge is 0.255 e. The van der Waals surface area contributed by atoms with Crippen LogP contribution < -0.4 is 15.0 Å². The monoisotopic (exact) mass is 536 g/mol. The molecule has 1 aliphatic heterocycles. The number of hydrogen-bond acceptors (Lipinski definition) is 8. The normalized spacial score (nSPS) is 13.6. The second kappa shape index (κ2) is 11.4. The van der Waals surface area contributed by atoms with Crippen LogP contribution in [0, 0.1) is 5.82 Å². The number of aryl methyl sites for hydroxylation is 2. The van der Waals surface area contributed by atoms with Crippen LogP contribution in [0.3, 0.4) is 0 Å². The number of nitrogens with zero attached hydrogens (tertiary/aromatic N) is 5. The van der Waals surface area contributed by atoms with Crippen molar-refractivity contribution in [2.45, 2.75) is 24.3 Å². The number of nitrogens with one attached hydrogen (secondary N) is 1. The molecular weight excluding hydrogens is 507 g/mol. The van der Waals surface area contributed by atoms with E-state index in [1.54, 1.807) is 7.11 Å². The Kier molecular flexibility index (Phi) is 7.75. The molecule has 0 saturated carbocycles. The molecular formula is C27H29FN6O3S. The van der Waals surface area contributed by atoms with Gasteiger partial charge in [-0.2, -0.15) is 0 Å². The van der Waals surface area contributed by atoms with Crippen molar-refractivity contribution in [3.05, 3.63) is 65.2 Å². The highest BCUT2D eigenvalue weighted by Crippen LogP contribution is 2.32. The Morgan fingerprint density at radius 1 is 1.13 bits per heavy atom. The number of imidazole rings is 1. The number of thioether (sulfide) groups is 1. The summed E-state index contributed by atoms with van der Waals surface area (Å²) in [6.45, 7) is 4.89. The third-order valence-corrected chi connectivity index (χ3v) is 7.30. The maximum Gasteiger partial charge on any atom is 0.255 e. The van der Waals surface area contributed by atoms with Gasteiger partial charge in [-0.1, -0.05) is 24.8 Å². The number of aromatic nitrogens is 4. The van der Waals surface area contributed by atoms with E-state index in [4.69, 9.17) is 24.4 Å². The molecule has 2 aromatic heterocycles. The fourth-order valence-electron chi connectivity index (χ4n) is 4.33. The van der Waals surface area contributed by atoms with Gasteiger partial charge < -0.3 is 24.3 Å². The van der Waals surface area contributed by atoms with Crippen molar-refractivity contribution in [2.75, 3.05) is 43.6 Å². The van der Waals surface area contributed by atoms with Gasteiger partial charge >= 0.3 is 0 Å². The summed E-state index contributed by atoms with van der Waals surface area (Å²) in [6.07, 6.45) is 0.802. The van der Waals surface area contributed by atoms with Crippen LogP contribution in [-0.4, -0.2) is 58.8 Å².